The van der Waals surface area contributed by atoms with Crippen LogP contribution in [0.25, 0.3) is 0 Å². The number of piperazine rings is 1. The Hall–Kier alpha value is -2.90. The number of hydrogen-bond donors (Lipinski definition) is 4. The van der Waals surface area contributed by atoms with E-state index in [0.29, 0.717) is 11.7 Å². The lowest BCUT2D eigenvalue weighted by molar-refractivity contribution is -0.126. The quantitative estimate of drug-likeness (QED) is 0.389. The fourth-order valence-electron chi connectivity index (χ4n) is 4.10. The molecule has 4 rings (SSSR count). The van der Waals surface area contributed by atoms with Gasteiger partial charge in [0.1, 0.15) is 5.70 Å². The van der Waals surface area contributed by atoms with Gasteiger partial charge in [-0.05, 0) is 18.9 Å². The Balaban J connectivity index is 1.35. The summed E-state index contributed by atoms with van der Waals surface area (Å²) < 4.78 is 5.76. The molecule has 0 bridgehead atoms. The summed E-state index contributed by atoms with van der Waals surface area (Å²) in [5.41, 5.74) is 4.68. The third-order valence-electron chi connectivity index (χ3n) is 5.79. The van der Waals surface area contributed by atoms with Gasteiger partial charge in [-0.3, -0.25) is 9.79 Å². The summed E-state index contributed by atoms with van der Waals surface area (Å²) in [4.78, 5) is 23.5. The molecule has 1 aliphatic carbocycles. The number of carbonyl (C=O) groups is 1. The highest BCUT2D eigenvalue weighted by Gasteiger charge is 2.31. The second-order valence-corrected chi connectivity index (χ2v) is 7.86. The van der Waals surface area contributed by atoms with Crippen LogP contribution in [-0.4, -0.2) is 74.1 Å². The molecule has 160 valence electrons. The number of aliphatic imine (C=N–C) groups is 2. The van der Waals surface area contributed by atoms with E-state index in [-0.39, 0.29) is 24.4 Å². The molecule has 0 radical (unpaired) electrons. The van der Waals surface area contributed by atoms with Crippen LogP contribution in [0.2, 0.25) is 0 Å². The van der Waals surface area contributed by atoms with Gasteiger partial charge in [0.15, 0.2) is 6.10 Å². The van der Waals surface area contributed by atoms with Crippen LogP contribution in [0.1, 0.15) is 25.7 Å². The highest BCUT2D eigenvalue weighted by molar-refractivity contribution is 5.93. The molecule has 9 nitrogen and oxygen atoms in total. The van der Waals surface area contributed by atoms with Crippen molar-refractivity contribution in [1.29, 1.82) is 5.41 Å². The van der Waals surface area contributed by atoms with Crippen molar-refractivity contribution in [1.82, 2.24) is 20.9 Å². The first-order valence-corrected chi connectivity index (χ1v) is 10.7. The molecule has 0 aromatic rings. The Morgan fingerprint density at radius 2 is 2.17 bits per heavy atom. The standard InChI is InChI=1S/C21H29N7O2/c22-12-15-3-1-2-4-18(15)27-21-25-14-19(30-21)20(29)26-16-11-17(5-6-24-13-16)28-9-7-23-8-10-28/h5-6,12-13,15,18-19,22-23H,1-4,7-10,14H2,(H,25,27)(H,26,29). The van der Waals surface area contributed by atoms with Gasteiger partial charge in [-0.1, -0.05) is 18.6 Å². The van der Waals surface area contributed by atoms with Crippen molar-refractivity contribution in [3.05, 3.63) is 29.4 Å². The smallest absolute Gasteiger partial charge is 0.285 e. The summed E-state index contributed by atoms with van der Waals surface area (Å²) in [6.45, 7) is 3.89. The molecular weight excluding hydrogens is 382 g/mol. The predicted octanol–water partition coefficient (Wildman–Crippen LogP) is 0.525. The minimum Gasteiger partial charge on any atom is -0.450 e. The first-order chi connectivity index (χ1) is 14.7. The van der Waals surface area contributed by atoms with Crippen molar-refractivity contribution in [2.24, 2.45) is 15.9 Å². The van der Waals surface area contributed by atoms with Gasteiger partial charge in [0.05, 0.1) is 18.5 Å². The van der Waals surface area contributed by atoms with E-state index in [0.717, 1.165) is 57.6 Å². The van der Waals surface area contributed by atoms with E-state index in [1.807, 2.05) is 6.08 Å². The van der Waals surface area contributed by atoms with Gasteiger partial charge in [-0.2, -0.15) is 0 Å². The molecular formula is C21H29N7O2. The molecule has 3 heterocycles. The van der Waals surface area contributed by atoms with Gasteiger partial charge < -0.3 is 31.0 Å². The topological polar surface area (TPSA) is 114 Å². The van der Waals surface area contributed by atoms with Gasteiger partial charge in [-0.15, -0.1) is 0 Å². The Bertz CT molecular complexity index is 819. The molecule has 1 saturated carbocycles. The summed E-state index contributed by atoms with van der Waals surface area (Å²) in [5, 5.41) is 17.1. The van der Waals surface area contributed by atoms with E-state index >= 15 is 0 Å². The van der Waals surface area contributed by atoms with Crippen molar-refractivity contribution >= 4 is 24.4 Å². The van der Waals surface area contributed by atoms with Crippen LogP contribution < -0.4 is 16.0 Å². The van der Waals surface area contributed by atoms with Crippen molar-refractivity contribution < 1.29 is 9.53 Å². The molecule has 30 heavy (non-hydrogen) atoms. The normalized spacial score (nSPS) is 28.6. The van der Waals surface area contributed by atoms with E-state index in [1.54, 1.807) is 12.4 Å². The molecule has 2 fully saturated rings. The Labute approximate surface area is 176 Å². The number of nitrogens with zero attached hydrogens (tertiary/aromatic N) is 3. The third kappa shape index (κ3) is 4.98. The second-order valence-electron chi connectivity index (χ2n) is 7.86. The molecule has 4 N–H and O–H groups in total. The van der Waals surface area contributed by atoms with Crippen molar-refractivity contribution in [3.8, 4) is 0 Å². The maximum absolute atomic E-state index is 12.7. The summed E-state index contributed by atoms with van der Waals surface area (Å²) in [7, 11) is 0. The first-order valence-electron chi connectivity index (χ1n) is 10.7. The number of ether oxygens (including phenoxy) is 1. The van der Waals surface area contributed by atoms with Crippen LogP contribution in [0.3, 0.4) is 0 Å². The number of amidine groups is 1. The van der Waals surface area contributed by atoms with E-state index in [9.17, 15) is 4.79 Å². The zero-order valence-corrected chi connectivity index (χ0v) is 17.1. The predicted molar refractivity (Wildman–Crippen MR) is 116 cm³/mol. The molecule has 3 atom stereocenters. The fraction of sp³-hybridized carbons (Fsp3) is 0.571. The van der Waals surface area contributed by atoms with Crippen LogP contribution >= 0.6 is 0 Å². The van der Waals surface area contributed by atoms with Crippen LogP contribution in [0, 0.1) is 11.3 Å². The maximum Gasteiger partial charge on any atom is 0.285 e. The van der Waals surface area contributed by atoms with Crippen LogP contribution in [0.15, 0.2) is 39.4 Å². The number of rotatable bonds is 5. The van der Waals surface area contributed by atoms with Gasteiger partial charge in [0.25, 0.3) is 11.9 Å². The number of amides is 1. The van der Waals surface area contributed by atoms with E-state index < -0.39 is 6.10 Å². The monoisotopic (exact) mass is 411 g/mol. The number of allylic oxidation sites excluding steroid dienone is 1. The number of nitrogens with one attached hydrogen (secondary N) is 4. The van der Waals surface area contributed by atoms with Gasteiger partial charge in [0.2, 0.25) is 0 Å². The fourth-order valence-corrected chi connectivity index (χ4v) is 4.10. The highest BCUT2D eigenvalue weighted by atomic mass is 16.5. The lowest BCUT2D eigenvalue weighted by Crippen LogP contribution is -2.44. The summed E-state index contributed by atoms with van der Waals surface area (Å²) in [6.07, 6.45) is 10.3. The second kappa shape index (κ2) is 9.73. The van der Waals surface area contributed by atoms with Crippen molar-refractivity contribution in [2.75, 3.05) is 32.7 Å². The van der Waals surface area contributed by atoms with Gasteiger partial charge >= 0.3 is 0 Å². The maximum atomic E-state index is 12.7. The Kier molecular flexibility index (Phi) is 6.61. The van der Waals surface area contributed by atoms with Gasteiger partial charge in [-0.25, -0.2) is 4.99 Å². The molecule has 3 unspecified atom stereocenters. The lowest BCUT2D eigenvalue weighted by atomic mass is 9.85. The van der Waals surface area contributed by atoms with E-state index in [1.165, 1.54) is 6.21 Å². The largest absolute Gasteiger partial charge is 0.450 e. The lowest BCUT2D eigenvalue weighted by Gasteiger charge is -2.29. The third-order valence-corrected chi connectivity index (χ3v) is 5.79. The Morgan fingerprint density at radius 1 is 1.33 bits per heavy atom. The van der Waals surface area contributed by atoms with Gasteiger partial charge in [0, 0.05) is 50.6 Å². The SMILES string of the molecule is N=CC1CCCCC1NC1=NCC(C(=O)NC2=C=C(N3CCNCC3)C=CN=C2)O1. The van der Waals surface area contributed by atoms with Crippen LogP contribution in [-0.2, 0) is 9.53 Å². The number of hydrogen-bond acceptors (Lipinski definition) is 8. The Morgan fingerprint density at radius 3 is 3.00 bits per heavy atom. The van der Waals surface area contributed by atoms with Crippen molar-refractivity contribution in [2.45, 2.75) is 37.8 Å². The molecule has 3 aliphatic heterocycles. The molecule has 9 heteroatoms. The molecule has 0 aromatic carbocycles. The summed E-state index contributed by atoms with van der Waals surface area (Å²) in [6, 6.07) is 0.542. The van der Waals surface area contributed by atoms with E-state index in [4.69, 9.17) is 10.1 Å². The average molecular weight is 412 g/mol. The van der Waals surface area contributed by atoms with Crippen LogP contribution in [0.4, 0.5) is 0 Å². The van der Waals surface area contributed by atoms with Crippen LogP contribution in [0.5, 0.6) is 0 Å². The molecule has 1 saturated heterocycles. The molecule has 0 spiro atoms. The zero-order chi connectivity index (χ0) is 20.8. The molecule has 1 amide bonds. The van der Waals surface area contributed by atoms with Crippen molar-refractivity contribution in [3.63, 3.8) is 0 Å². The summed E-state index contributed by atoms with van der Waals surface area (Å²) in [5.74, 6) is -0.0790. The number of carbonyl (C=O) groups excluding carboxylic acids is 1. The molecule has 0 aromatic heterocycles. The minimum absolute atomic E-state index is 0.143. The van der Waals surface area contributed by atoms with E-state index in [2.05, 4.69) is 36.6 Å². The zero-order valence-electron chi connectivity index (χ0n) is 17.1. The molecule has 4 aliphatic rings. The summed E-state index contributed by atoms with van der Waals surface area (Å²) >= 11 is 0. The average Bonchev–Trinajstić information content (AvgIpc) is 3.13. The minimum atomic E-state index is -0.684. The highest BCUT2D eigenvalue weighted by Crippen LogP contribution is 2.23. The first kappa shape index (κ1) is 20.4.